The van der Waals surface area contributed by atoms with Gasteiger partial charge in [0.05, 0.1) is 12.7 Å². The number of β-amino-alcohol motifs (C(OH)–C–C–N with tert-alkyl or cyclic N) is 1. The van der Waals surface area contributed by atoms with Crippen LogP contribution in [0.4, 0.5) is 0 Å². The zero-order valence-corrected chi connectivity index (χ0v) is 13.0. The van der Waals surface area contributed by atoms with E-state index in [1.165, 1.54) is 0 Å². The maximum absolute atomic E-state index is 12.1. The highest BCUT2D eigenvalue weighted by Gasteiger charge is 2.21. The van der Waals surface area contributed by atoms with Gasteiger partial charge in [-0.05, 0) is 50.4 Å². The van der Waals surface area contributed by atoms with Gasteiger partial charge in [-0.2, -0.15) is 0 Å². The van der Waals surface area contributed by atoms with Crippen molar-refractivity contribution in [2.45, 2.75) is 25.9 Å². The molecule has 1 aliphatic heterocycles. The van der Waals surface area contributed by atoms with E-state index in [9.17, 15) is 9.90 Å². The van der Waals surface area contributed by atoms with Crippen LogP contribution in [0.2, 0.25) is 0 Å². The molecule has 2 heterocycles. The molecule has 1 aromatic rings. The largest absolute Gasteiger partial charge is 0.394 e. The number of pyridine rings is 1. The van der Waals surface area contributed by atoms with E-state index < -0.39 is 6.10 Å². The highest BCUT2D eigenvalue weighted by molar-refractivity contribution is 5.95. The number of aliphatic hydroxyl groups is 2. The van der Waals surface area contributed by atoms with E-state index in [-0.39, 0.29) is 12.5 Å². The number of hydrogen-bond donors (Lipinski definition) is 3. The first kappa shape index (κ1) is 16.9. The zero-order chi connectivity index (χ0) is 15.9. The van der Waals surface area contributed by atoms with Gasteiger partial charge in [-0.15, -0.1) is 0 Å². The van der Waals surface area contributed by atoms with E-state index in [4.69, 9.17) is 5.11 Å². The van der Waals surface area contributed by atoms with Gasteiger partial charge in [0.15, 0.2) is 0 Å². The first-order chi connectivity index (χ1) is 10.6. The van der Waals surface area contributed by atoms with Crippen molar-refractivity contribution >= 4 is 5.91 Å². The second kappa shape index (κ2) is 8.22. The SMILES string of the molecule is Cc1cnccc1C(=O)NCC1CCN(CC(O)CO)CC1. The van der Waals surface area contributed by atoms with Crippen molar-refractivity contribution in [1.82, 2.24) is 15.2 Å². The van der Waals surface area contributed by atoms with Gasteiger partial charge < -0.3 is 20.4 Å². The molecule has 0 aromatic carbocycles. The predicted molar refractivity (Wildman–Crippen MR) is 83.6 cm³/mol. The third kappa shape index (κ3) is 4.76. The van der Waals surface area contributed by atoms with Gasteiger partial charge in [-0.25, -0.2) is 0 Å². The summed E-state index contributed by atoms with van der Waals surface area (Å²) in [7, 11) is 0. The van der Waals surface area contributed by atoms with Crippen LogP contribution in [0, 0.1) is 12.8 Å². The van der Waals surface area contributed by atoms with Crippen molar-refractivity contribution in [2.24, 2.45) is 5.92 Å². The topological polar surface area (TPSA) is 85.7 Å². The van der Waals surface area contributed by atoms with E-state index in [0.717, 1.165) is 31.5 Å². The first-order valence-electron chi connectivity index (χ1n) is 7.80. The van der Waals surface area contributed by atoms with E-state index in [1.807, 2.05) is 6.92 Å². The molecule has 1 saturated heterocycles. The average molecular weight is 307 g/mol. The number of nitrogens with one attached hydrogen (secondary N) is 1. The van der Waals surface area contributed by atoms with Crippen LogP contribution in [0.25, 0.3) is 0 Å². The van der Waals surface area contributed by atoms with Crippen molar-refractivity contribution in [3.05, 3.63) is 29.6 Å². The molecule has 1 aliphatic rings. The van der Waals surface area contributed by atoms with Crippen LogP contribution in [0.3, 0.4) is 0 Å². The van der Waals surface area contributed by atoms with Crippen molar-refractivity contribution in [3.8, 4) is 0 Å². The van der Waals surface area contributed by atoms with E-state index in [1.54, 1.807) is 18.5 Å². The molecule has 0 bridgehead atoms. The summed E-state index contributed by atoms with van der Waals surface area (Å²) in [5.74, 6) is 0.423. The molecule has 3 N–H and O–H groups in total. The van der Waals surface area contributed by atoms with Gasteiger partial charge in [0.2, 0.25) is 0 Å². The molecule has 22 heavy (non-hydrogen) atoms. The second-order valence-electron chi connectivity index (χ2n) is 5.98. The standard InChI is InChI=1S/C16H25N3O3/c1-12-8-17-5-2-15(12)16(22)18-9-13-3-6-19(7-4-13)10-14(21)11-20/h2,5,8,13-14,20-21H,3-4,6-7,9-11H2,1H3,(H,18,22). The molecule has 1 fully saturated rings. The Kier molecular flexibility index (Phi) is 6.30. The summed E-state index contributed by atoms with van der Waals surface area (Å²) in [6.07, 6.45) is 4.65. The molecule has 0 spiro atoms. The minimum atomic E-state index is -0.661. The van der Waals surface area contributed by atoms with Gasteiger partial charge in [0.1, 0.15) is 0 Å². The fourth-order valence-electron chi connectivity index (χ4n) is 2.79. The number of carbonyl (C=O) groups excluding carboxylic acids is 1. The van der Waals surface area contributed by atoms with Crippen LogP contribution >= 0.6 is 0 Å². The first-order valence-corrected chi connectivity index (χ1v) is 7.80. The maximum atomic E-state index is 12.1. The zero-order valence-electron chi connectivity index (χ0n) is 13.0. The smallest absolute Gasteiger partial charge is 0.251 e. The number of carbonyl (C=O) groups is 1. The number of aryl methyl sites for hydroxylation is 1. The molecule has 2 rings (SSSR count). The molecular formula is C16H25N3O3. The Morgan fingerprint density at radius 3 is 2.86 bits per heavy atom. The second-order valence-corrected chi connectivity index (χ2v) is 5.98. The fourth-order valence-corrected chi connectivity index (χ4v) is 2.79. The highest BCUT2D eigenvalue weighted by Crippen LogP contribution is 2.17. The van der Waals surface area contributed by atoms with Crippen molar-refractivity contribution in [1.29, 1.82) is 0 Å². The lowest BCUT2D eigenvalue weighted by Crippen LogP contribution is -2.42. The third-order valence-electron chi connectivity index (χ3n) is 4.20. The number of nitrogens with zero attached hydrogens (tertiary/aromatic N) is 2. The van der Waals surface area contributed by atoms with Crippen LogP contribution in [0.5, 0.6) is 0 Å². The molecule has 6 heteroatoms. The lowest BCUT2D eigenvalue weighted by atomic mass is 9.96. The molecule has 122 valence electrons. The van der Waals surface area contributed by atoms with Crippen molar-refractivity contribution in [3.63, 3.8) is 0 Å². The van der Waals surface area contributed by atoms with Crippen molar-refractivity contribution in [2.75, 3.05) is 32.8 Å². The van der Waals surface area contributed by atoms with E-state index in [2.05, 4.69) is 15.2 Å². The molecule has 1 atom stereocenters. The lowest BCUT2D eigenvalue weighted by molar-refractivity contribution is 0.0473. The Bertz CT molecular complexity index is 487. The number of aromatic nitrogens is 1. The van der Waals surface area contributed by atoms with Crippen LogP contribution in [-0.2, 0) is 0 Å². The highest BCUT2D eigenvalue weighted by atomic mass is 16.3. The summed E-state index contributed by atoms with van der Waals surface area (Å²) >= 11 is 0. The molecule has 0 aliphatic carbocycles. The monoisotopic (exact) mass is 307 g/mol. The quantitative estimate of drug-likeness (QED) is 0.698. The molecule has 1 unspecified atom stereocenters. The summed E-state index contributed by atoms with van der Waals surface area (Å²) < 4.78 is 0. The minimum absolute atomic E-state index is 0.0435. The maximum Gasteiger partial charge on any atom is 0.251 e. The van der Waals surface area contributed by atoms with Gasteiger partial charge in [0, 0.05) is 31.0 Å². The van der Waals surface area contributed by atoms with Gasteiger partial charge in [0.25, 0.3) is 5.91 Å². The number of aliphatic hydroxyl groups excluding tert-OH is 2. The van der Waals surface area contributed by atoms with Crippen LogP contribution in [0.1, 0.15) is 28.8 Å². The van der Waals surface area contributed by atoms with E-state index in [0.29, 0.717) is 24.6 Å². The Balaban J connectivity index is 1.73. The van der Waals surface area contributed by atoms with Crippen molar-refractivity contribution < 1.29 is 15.0 Å². The van der Waals surface area contributed by atoms with Crippen LogP contribution in [0.15, 0.2) is 18.5 Å². The Morgan fingerprint density at radius 1 is 1.50 bits per heavy atom. The summed E-state index contributed by atoms with van der Waals surface area (Å²) in [6.45, 7) is 4.68. The number of piperidine rings is 1. The molecule has 0 saturated carbocycles. The van der Waals surface area contributed by atoms with Crippen LogP contribution in [-0.4, -0.2) is 64.9 Å². The number of amides is 1. The average Bonchev–Trinajstić information content (AvgIpc) is 2.54. The third-order valence-corrected chi connectivity index (χ3v) is 4.20. The summed E-state index contributed by atoms with van der Waals surface area (Å²) in [5.41, 5.74) is 1.56. The molecule has 0 radical (unpaired) electrons. The Hall–Kier alpha value is -1.50. The Labute approximate surface area is 131 Å². The molecule has 6 nitrogen and oxygen atoms in total. The van der Waals surface area contributed by atoms with Gasteiger partial charge in [-0.3, -0.25) is 9.78 Å². The number of hydrogen-bond acceptors (Lipinski definition) is 5. The number of rotatable bonds is 6. The molecular weight excluding hydrogens is 282 g/mol. The van der Waals surface area contributed by atoms with Gasteiger partial charge >= 0.3 is 0 Å². The Morgan fingerprint density at radius 2 is 2.23 bits per heavy atom. The summed E-state index contributed by atoms with van der Waals surface area (Å²) in [4.78, 5) is 18.3. The fraction of sp³-hybridized carbons (Fsp3) is 0.625. The summed E-state index contributed by atoms with van der Waals surface area (Å²) in [6, 6.07) is 1.74. The van der Waals surface area contributed by atoms with Gasteiger partial charge in [-0.1, -0.05) is 0 Å². The predicted octanol–water partition coefficient (Wildman–Crippen LogP) is 0.185. The normalized spacial score (nSPS) is 18.1. The molecule has 1 aromatic heterocycles. The van der Waals surface area contributed by atoms with Crippen LogP contribution < -0.4 is 5.32 Å². The summed E-state index contributed by atoms with van der Waals surface area (Å²) in [5, 5.41) is 21.3. The van der Waals surface area contributed by atoms with E-state index >= 15 is 0 Å². The lowest BCUT2D eigenvalue weighted by Gasteiger charge is -2.32. The minimum Gasteiger partial charge on any atom is -0.394 e. The molecule has 1 amide bonds. The number of likely N-dealkylation sites (tertiary alicyclic amines) is 1.